The van der Waals surface area contributed by atoms with Crippen molar-refractivity contribution in [3.63, 3.8) is 0 Å². The van der Waals surface area contributed by atoms with Crippen LogP contribution in [0.1, 0.15) is 15.9 Å². The molecule has 2 rings (SSSR count). The molecule has 0 saturated carbocycles. The number of nitrogens with one attached hydrogen (secondary N) is 1. The number of likely N-dealkylation sites (N-methyl/N-ethyl adjacent to an activating group) is 1. The molecule has 0 fully saturated rings. The minimum absolute atomic E-state index is 0.0769. The number of carbonyl (C=O) groups is 1. The van der Waals surface area contributed by atoms with Crippen LogP contribution in [0.5, 0.6) is 0 Å². The Balaban J connectivity index is 2.15. The van der Waals surface area contributed by atoms with Gasteiger partial charge in [-0.15, -0.1) is 0 Å². The zero-order valence-corrected chi connectivity index (χ0v) is 16.5. The van der Waals surface area contributed by atoms with Crippen LogP contribution in [-0.2, 0) is 16.6 Å². The second-order valence-corrected chi connectivity index (χ2v) is 8.41. The molecule has 0 spiro atoms. The van der Waals surface area contributed by atoms with E-state index in [1.807, 2.05) is 19.0 Å². The first-order chi connectivity index (χ1) is 12.7. The van der Waals surface area contributed by atoms with Crippen molar-refractivity contribution in [3.8, 4) is 0 Å². The van der Waals surface area contributed by atoms with Crippen molar-refractivity contribution in [2.45, 2.75) is 6.54 Å². The Morgan fingerprint density at radius 2 is 1.63 bits per heavy atom. The van der Waals surface area contributed by atoms with Crippen LogP contribution in [-0.4, -0.2) is 52.7 Å². The van der Waals surface area contributed by atoms with Crippen LogP contribution in [0.3, 0.4) is 0 Å². The molecule has 0 atom stereocenters. The van der Waals surface area contributed by atoms with E-state index in [0.717, 1.165) is 12.8 Å². The summed E-state index contributed by atoms with van der Waals surface area (Å²) in [4.78, 5) is 14.1. The molecule has 0 bridgehead atoms. The second kappa shape index (κ2) is 8.96. The summed E-state index contributed by atoms with van der Waals surface area (Å²) < 4.78 is 38.7. The van der Waals surface area contributed by atoms with Crippen LogP contribution < -0.4 is 9.62 Å². The first-order valence-corrected chi connectivity index (χ1v) is 10.3. The molecule has 0 aliphatic heterocycles. The molecule has 8 heteroatoms. The number of halogens is 1. The zero-order valence-electron chi connectivity index (χ0n) is 15.6. The Bertz CT molecular complexity index is 866. The summed E-state index contributed by atoms with van der Waals surface area (Å²) in [5, 5.41) is 2.81. The lowest BCUT2D eigenvalue weighted by atomic mass is 10.1. The van der Waals surface area contributed by atoms with Gasteiger partial charge in [0.15, 0.2) is 0 Å². The van der Waals surface area contributed by atoms with Gasteiger partial charge in [-0.05, 0) is 56.1 Å². The van der Waals surface area contributed by atoms with Crippen molar-refractivity contribution in [2.75, 3.05) is 37.7 Å². The molecule has 0 unspecified atom stereocenters. The molecule has 1 N–H and O–H groups in total. The molecular formula is C19H24FN3O3S. The molecular weight excluding hydrogens is 369 g/mol. The van der Waals surface area contributed by atoms with E-state index in [4.69, 9.17) is 0 Å². The normalized spacial score (nSPS) is 11.4. The van der Waals surface area contributed by atoms with Gasteiger partial charge in [-0.1, -0.05) is 12.1 Å². The fraction of sp³-hybridized carbons (Fsp3) is 0.316. The summed E-state index contributed by atoms with van der Waals surface area (Å²) >= 11 is 0. The number of hydrogen-bond donors (Lipinski definition) is 1. The van der Waals surface area contributed by atoms with Crippen molar-refractivity contribution >= 4 is 21.6 Å². The first kappa shape index (κ1) is 20.9. The molecule has 0 aliphatic carbocycles. The highest BCUT2D eigenvalue weighted by molar-refractivity contribution is 7.92. The van der Waals surface area contributed by atoms with Crippen LogP contribution in [0.15, 0.2) is 48.5 Å². The van der Waals surface area contributed by atoms with Crippen molar-refractivity contribution in [3.05, 3.63) is 65.5 Å². The van der Waals surface area contributed by atoms with Gasteiger partial charge in [-0.2, -0.15) is 0 Å². The Hall–Kier alpha value is -2.45. The molecule has 0 saturated heterocycles. The van der Waals surface area contributed by atoms with Gasteiger partial charge in [0.05, 0.1) is 18.5 Å². The number of amides is 1. The van der Waals surface area contributed by atoms with Crippen LogP contribution in [0.4, 0.5) is 10.1 Å². The molecule has 2 aromatic rings. The summed E-state index contributed by atoms with van der Waals surface area (Å²) in [5.41, 5.74) is 1.55. The average Bonchev–Trinajstić information content (AvgIpc) is 2.60. The summed E-state index contributed by atoms with van der Waals surface area (Å²) in [7, 11) is 0.287. The lowest BCUT2D eigenvalue weighted by Gasteiger charge is -2.22. The lowest BCUT2D eigenvalue weighted by Crippen LogP contribution is -2.31. The van der Waals surface area contributed by atoms with Crippen molar-refractivity contribution < 1.29 is 17.6 Å². The Kier molecular flexibility index (Phi) is 6.92. The molecule has 0 aromatic heterocycles. The van der Waals surface area contributed by atoms with Crippen LogP contribution in [0.2, 0.25) is 0 Å². The fourth-order valence-electron chi connectivity index (χ4n) is 2.43. The average molecular weight is 393 g/mol. The van der Waals surface area contributed by atoms with Gasteiger partial charge in [0.1, 0.15) is 5.82 Å². The number of sulfonamides is 1. The molecule has 146 valence electrons. The number of benzene rings is 2. The maximum atomic E-state index is 13.1. The molecule has 0 radical (unpaired) electrons. The number of anilines is 1. The van der Waals surface area contributed by atoms with E-state index in [1.54, 1.807) is 36.4 Å². The first-order valence-electron chi connectivity index (χ1n) is 8.42. The van der Waals surface area contributed by atoms with Gasteiger partial charge in [-0.3, -0.25) is 9.10 Å². The maximum Gasteiger partial charge on any atom is 0.251 e. The fourth-order valence-corrected chi connectivity index (χ4v) is 3.32. The highest BCUT2D eigenvalue weighted by Gasteiger charge is 2.18. The van der Waals surface area contributed by atoms with E-state index < -0.39 is 10.0 Å². The quantitative estimate of drug-likeness (QED) is 0.746. The Morgan fingerprint density at radius 1 is 1.04 bits per heavy atom. The predicted octanol–water partition coefficient (Wildman–Crippen LogP) is 2.08. The van der Waals surface area contributed by atoms with E-state index in [1.165, 1.54) is 16.4 Å². The molecule has 2 aromatic carbocycles. The Morgan fingerprint density at radius 3 is 2.15 bits per heavy atom. The summed E-state index contributed by atoms with van der Waals surface area (Å²) in [6.07, 6.45) is 1.11. The predicted molar refractivity (Wildman–Crippen MR) is 105 cm³/mol. The van der Waals surface area contributed by atoms with Crippen LogP contribution >= 0.6 is 0 Å². The highest BCUT2D eigenvalue weighted by Crippen LogP contribution is 2.21. The highest BCUT2D eigenvalue weighted by atomic mass is 32.2. The lowest BCUT2D eigenvalue weighted by molar-refractivity contribution is 0.0951. The van der Waals surface area contributed by atoms with Crippen molar-refractivity contribution in [1.82, 2.24) is 10.2 Å². The summed E-state index contributed by atoms with van der Waals surface area (Å²) in [5.74, 6) is -0.595. The van der Waals surface area contributed by atoms with E-state index in [9.17, 15) is 17.6 Å². The van der Waals surface area contributed by atoms with Gasteiger partial charge < -0.3 is 10.2 Å². The SMILES string of the molecule is CN(C)CCNC(=O)c1ccc(N(Cc2ccc(F)cc2)S(C)(=O)=O)cc1. The topological polar surface area (TPSA) is 69.7 Å². The van der Waals surface area contributed by atoms with E-state index in [0.29, 0.717) is 23.4 Å². The van der Waals surface area contributed by atoms with Gasteiger partial charge in [0, 0.05) is 18.7 Å². The largest absolute Gasteiger partial charge is 0.351 e. The van der Waals surface area contributed by atoms with Gasteiger partial charge >= 0.3 is 0 Å². The number of carbonyl (C=O) groups excluding carboxylic acids is 1. The standard InChI is InChI=1S/C19H24FN3O3S/c1-22(2)13-12-21-19(24)16-6-10-18(11-7-16)23(27(3,25)26)14-15-4-8-17(20)9-5-15/h4-11H,12-14H2,1-3H3,(H,21,24). The van der Waals surface area contributed by atoms with E-state index in [2.05, 4.69) is 5.32 Å². The summed E-state index contributed by atoms with van der Waals surface area (Å²) in [6.45, 7) is 1.32. The molecule has 0 aliphatic rings. The van der Waals surface area contributed by atoms with Crippen LogP contribution in [0, 0.1) is 5.82 Å². The number of rotatable bonds is 8. The Labute approximate surface area is 159 Å². The van der Waals surface area contributed by atoms with E-state index in [-0.39, 0.29) is 18.3 Å². The third-order valence-corrected chi connectivity index (χ3v) is 5.04. The van der Waals surface area contributed by atoms with Crippen molar-refractivity contribution in [1.29, 1.82) is 0 Å². The third-order valence-electron chi connectivity index (χ3n) is 3.90. The molecule has 0 heterocycles. The van der Waals surface area contributed by atoms with E-state index >= 15 is 0 Å². The minimum atomic E-state index is -3.55. The third kappa shape index (κ3) is 6.33. The van der Waals surface area contributed by atoms with Gasteiger partial charge in [0.2, 0.25) is 10.0 Å². The molecule has 27 heavy (non-hydrogen) atoms. The summed E-state index contributed by atoms with van der Waals surface area (Å²) in [6, 6.07) is 12.0. The number of hydrogen-bond acceptors (Lipinski definition) is 4. The maximum absolute atomic E-state index is 13.1. The van der Waals surface area contributed by atoms with Gasteiger partial charge in [-0.25, -0.2) is 12.8 Å². The number of nitrogens with zero attached hydrogens (tertiary/aromatic N) is 2. The smallest absolute Gasteiger partial charge is 0.251 e. The minimum Gasteiger partial charge on any atom is -0.351 e. The monoisotopic (exact) mass is 393 g/mol. The molecule has 6 nitrogen and oxygen atoms in total. The molecule has 1 amide bonds. The van der Waals surface area contributed by atoms with Crippen molar-refractivity contribution in [2.24, 2.45) is 0 Å². The van der Waals surface area contributed by atoms with Crippen LogP contribution in [0.25, 0.3) is 0 Å². The van der Waals surface area contributed by atoms with Gasteiger partial charge in [0.25, 0.3) is 5.91 Å². The second-order valence-electron chi connectivity index (χ2n) is 6.50. The zero-order chi connectivity index (χ0) is 20.0.